The first kappa shape index (κ1) is 52.9. The molecule has 0 spiro atoms. The number of thiazole rings is 1. The van der Waals surface area contributed by atoms with Gasteiger partial charge in [0.15, 0.2) is 0 Å². The summed E-state index contributed by atoms with van der Waals surface area (Å²) in [5.41, 5.74) is 6.42. The topological polar surface area (TPSA) is 184 Å². The molecule has 18 heteroatoms. The number of carbonyl (C=O) groups is 3. The predicted octanol–water partition coefficient (Wildman–Crippen LogP) is 8.69. The van der Waals surface area contributed by atoms with Gasteiger partial charge in [0, 0.05) is 37.2 Å². The number of likely N-dealkylation sites (tertiary alicyclic amines) is 1. The number of aromatic hydroxyl groups is 1. The molecule has 4 atom stereocenters. The van der Waals surface area contributed by atoms with Crippen LogP contribution in [0.2, 0.25) is 5.02 Å². The molecule has 0 radical (unpaired) electrons. The van der Waals surface area contributed by atoms with Gasteiger partial charge in [0.25, 0.3) is 0 Å². The first-order valence-electron chi connectivity index (χ1n) is 24.7. The molecule has 3 heterocycles. The number of benzene rings is 4. The molecule has 4 aromatic carbocycles. The largest absolute Gasteiger partial charge is 0.506 e. The fraction of sp³-hybridized carbons (Fsp3) is 0.418. The molecule has 15 nitrogen and oxygen atoms in total. The number of hydrogen-bond donors (Lipinski definition) is 4. The second-order valence-corrected chi connectivity index (χ2v) is 21.5. The van der Waals surface area contributed by atoms with Gasteiger partial charge in [-0.05, 0) is 90.8 Å². The number of ether oxygens (including phenoxy) is 2. The van der Waals surface area contributed by atoms with Crippen molar-refractivity contribution in [1.29, 1.82) is 0 Å². The lowest BCUT2D eigenvalue weighted by atomic mass is 9.78. The molecule has 1 aliphatic carbocycles. The van der Waals surface area contributed by atoms with Gasteiger partial charge in [-0.25, -0.2) is 14.1 Å². The lowest BCUT2D eigenvalue weighted by Crippen LogP contribution is -2.58. The molecule has 8 rings (SSSR count). The van der Waals surface area contributed by atoms with Crippen molar-refractivity contribution >= 4 is 46.3 Å². The maximum absolute atomic E-state index is 15.4. The summed E-state index contributed by atoms with van der Waals surface area (Å²) in [4.78, 5) is 50.1. The van der Waals surface area contributed by atoms with Gasteiger partial charge in [-0.1, -0.05) is 105 Å². The molecule has 1 saturated heterocycles. The molecule has 2 fully saturated rings. The number of hydrogen-bond acceptors (Lipinski definition) is 12. The van der Waals surface area contributed by atoms with Gasteiger partial charge in [-0.2, -0.15) is 0 Å². The molecule has 2 aromatic heterocycles. The summed E-state index contributed by atoms with van der Waals surface area (Å²) in [6.45, 7) is 10.5. The van der Waals surface area contributed by atoms with E-state index in [9.17, 15) is 24.6 Å². The van der Waals surface area contributed by atoms with Crippen LogP contribution in [0.15, 0.2) is 103 Å². The second-order valence-electron chi connectivity index (χ2n) is 20.3. The lowest BCUT2D eigenvalue weighted by molar-refractivity contribution is -0.144. The Morgan fingerprint density at radius 1 is 1.00 bits per heavy atom. The van der Waals surface area contributed by atoms with Crippen LogP contribution in [0.25, 0.3) is 10.4 Å². The van der Waals surface area contributed by atoms with E-state index in [1.54, 1.807) is 40.4 Å². The van der Waals surface area contributed by atoms with Crippen LogP contribution in [0.3, 0.4) is 0 Å². The second kappa shape index (κ2) is 23.2. The molecule has 3 amide bonds. The molecule has 0 bridgehead atoms. The minimum absolute atomic E-state index is 0.00814. The highest BCUT2D eigenvalue weighted by Gasteiger charge is 2.45. The van der Waals surface area contributed by atoms with E-state index in [0.717, 1.165) is 64.2 Å². The summed E-state index contributed by atoms with van der Waals surface area (Å²) in [5.74, 6) is -0.944. The fourth-order valence-electron chi connectivity index (χ4n) is 9.94. The van der Waals surface area contributed by atoms with E-state index in [4.69, 9.17) is 21.1 Å². The van der Waals surface area contributed by atoms with Crippen molar-refractivity contribution in [2.75, 3.05) is 31.2 Å². The van der Waals surface area contributed by atoms with Crippen molar-refractivity contribution in [3.63, 3.8) is 0 Å². The average molecular weight is 1040 g/mol. The molecule has 6 aromatic rings. The number of β-amino-alcohol motifs (C(OH)–C–C–N with tert-alkyl or cyclic N) is 1. The van der Waals surface area contributed by atoms with Crippen LogP contribution in [-0.2, 0) is 44.2 Å². The van der Waals surface area contributed by atoms with Gasteiger partial charge in [0.2, 0.25) is 17.7 Å². The Morgan fingerprint density at radius 3 is 2.44 bits per heavy atom. The van der Waals surface area contributed by atoms with Gasteiger partial charge in [-0.3, -0.25) is 14.4 Å². The Labute approximate surface area is 434 Å². The SMILES string of the molecule is Cc1ncsc1-c1ccc([C@H](C)NC(=O)[C@@H]2C[C@@H](O)CN2C(=O)[C@H](NC(=O)COCc2cn(CCOc3ccc(N(Cc4cccc(O)c4Cl)CC4(c5ccccc5F)CCCC4)cc3)nn2)C(C)(C)C)cc1. The zero-order valence-electron chi connectivity index (χ0n) is 41.9. The number of phenolic OH excluding ortho intramolecular Hbond substituents is 1. The number of rotatable bonds is 20. The number of nitrogens with zero attached hydrogens (tertiary/aromatic N) is 6. The summed E-state index contributed by atoms with van der Waals surface area (Å²) in [6, 6.07) is 25.6. The highest BCUT2D eigenvalue weighted by atomic mass is 35.5. The zero-order chi connectivity index (χ0) is 51.9. The minimum atomic E-state index is -1.02. The van der Waals surface area contributed by atoms with Crippen molar-refractivity contribution in [1.82, 2.24) is 35.5 Å². The number of nitrogens with one attached hydrogen (secondary N) is 2. The number of halogens is 2. The van der Waals surface area contributed by atoms with Crippen LogP contribution in [-0.4, -0.2) is 97.3 Å². The van der Waals surface area contributed by atoms with Crippen LogP contribution in [0.5, 0.6) is 11.5 Å². The highest BCUT2D eigenvalue weighted by Crippen LogP contribution is 2.44. The van der Waals surface area contributed by atoms with E-state index in [1.807, 2.05) is 107 Å². The number of amides is 3. The van der Waals surface area contributed by atoms with Gasteiger partial charge >= 0.3 is 0 Å². The van der Waals surface area contributed by atoms with Crippen LogP contribution >= 0.6 is 22.9 Å². The van der Waals surface area contributed by atoms with E-state index >= 15 is 4.39 Å². The summed E-state index contributed by atoms with van der Waals surface area (Å²) >= 11 is 8.15. The first-order valence-corrected chi connectivity index (χ1v) is 26.0. The van der Waals surface area contributed by atoms with E-state index in [1.165, 1.54) is 11.0 Å². The number of phenols is 1. The number of carbonyl (C=O) groups excluding carboxylic acids is 3. The molecule has 386 valence electrons. The molecular formula is C55H64ClFN8O7S. The predicted molar refractivity (Wildman–Crippen MR) is 279 cm³/mol. The minimum Gasteiger partial charge on any atom is -0.506 e. The summed E-state index contributed by atoms with van der Waals surface area (Å²) in [5, 5.41) is 35.6. The van der Waals surface area contributed by atoms with E-state index in [2.05, 4.69) is 30.8 Å². The third-order valence-corrected chi connectivity index (χ3v) is 15.3. The molecule has 73 heavy (non-hydrogen) atoms. The Morgan fingerprint density at radius 2 is 1.74 bits per heavy atom. The molecule has 2 aliphatic rings. The lowest BCUT2D eigenvalue weighted by Gasteiger charge is -2.38. The molecule has 1 saturated carbocycles. The maximum Gasteiger partial charge on any atom is 0.246 e. The van der Waals surface area contributed by atoms with Gasteiger partial charge < -0.3 is 40.1 Å². The zero-order valence-corrected chi connectivity index (χ0v) is 43.5. The maximum atomic E-state index is 15.4. The number of aliphatic hydroxyl groups is 1. The van der Waals surface area contributed by atoms with Crippen molar-refractivity contribution < 1.29 is 38.5 Å². The molecule has 4 N–H and O–H groups in total. The van der Waals surface area contributed by atoms with Gasteiger partial charge in [0.05, 0.1) is 52.6 Å². The number of aromatic nitrogens is 4. The normalized spacial score (nSPS) is 17.3. The van der Waals surface area contributed by atoms with E-state index in [-0.39, 0.29) is 61.3 Å². The molecular weight excluding hydrogens is 971 g/mol. The highest BCUT2D eigenvalue weighted by molar-refractivity contribution is 7.13. The standard InChI is InChI=1S/C55H64ClFN8O7S/c1-35(37-15-17-38(18-16-37)50-36(2)58-34-73-50)59-52(69)46-27-42(66)30-65(46)53(70)51(54(3,4)5)60-48(68)32-71-31-40-29-64(62-61-40)25-26-72-43-21-19-41(20-22-43)63(28-39-11-10-14-47(67)49(39)56)33-55(23-8-9-24-55)44-12-6-7-13-45(44)57/h6-7,10-22,29,34-35,42,46,51,66-67H,8-9,23-28,30-33H2,1-5H3,(H,59,69)(H,60,68)/t35-,42+,46-,51-/m0/s1. The van der Waals surface area contributed by atoms with Crippen molar-refractivity contribution in [3.8, 4) is 21.9 Å². The van der Waals surface area contributed by atoms with Crippen molar-refractivity contribution in [3.05, 3.63) is 142 Å². The van der Waals surface area contributed by atoms with E-state index < -0.39 is 40.8 Å². The van der Waals surface area contributed by atoms with Gasteiger partial charge in [-0.15, -0.1) is 16.4 Å². The number of aryl methyl sites for hydroxylation is 1. The Bertz CT molecular complexity index is 2850. The first-order chi connectivity index (χ1) is 35.0. The van der Waals surface area contributed by atoms with Gasteiger partial charge in [0.1, 0.15) is 48.3 Å². The van der Waals surface area contributed by atoms with E-state index in [0.29, 0.717) is 31.1 Å². The fourth-order valence-corrected chi connectivity index (χ4v) is 10.9. The van der Waals surface area contributed by atoms with Crippen molar-refractivity contribution in [2.45, 2.75) is 116 Å². The van der Waals surface area contributed by atoms with Crippen LogP contribution < -0.4 is 20.3 Å². The monoisotopic (exact) mass is 1030 g/mol. The summed E-state index contributed by atoms with van der Waals surface area (Å²) in [7, 11) is 0. The smallest absolute Gasteiger partial charge is 0.246 e. The van der Waals surface area contributed by atoms with Crippen LogP contribution in [0, 0.1) is 18.2 Å². The van der Waals surface area contributed by atoms with Crippen molar-refractivity contribution in [2.24, 2.45) is 5.41 Å². The Balaban J connectivity index is 0.816. The third-order valence-electron chi connectivity index (χ3n) is 13.8. The summed E-state index contributed by atoms with van der Waals surface area (Å²) in [6.07, 6.45) is 4.59. The third kappa shape index (κ3) is 12.9. The van der Waals surface area contributed by atoms with Crippen LogP contribution in [0.1, 0.15) is 93.9 Å². The quantitative estimate of drug-likeness (QED) is 0.0574. The number of aliphatic hydroxyl groups excluding tert-OH is 1. The Hall–Kier alpha value is -6.40. The average Bonchev–Trinajstić information content (AvgIpc) is 4.21. The molecule has 1 aliphatic heterocycles. The summed E-state index contributed by atoms with van der Waals surface area (Å²) < 4.78 is 28.8. The molecule has 0 unspecified atom stereocenters. The Kier molecular flexibility index (Phi) is 16.8. The number of anilines is 1. The van der Waals surface area contributed by atoms with Crippen LogP contribution in [0.4, 0.5) is 10.1 Å².